The van der Waals surface area contributed by atoms with Gasteiger partial charge in [0.25, 0.3) is 0 Å². The summed E-state index contributed by atoms with van der Waals surface area (Å²) >= 11 is 0. The summed E-state index contributed by atoms with van der Waals surface area (Å²) in [6, 6.07) is 6.15. The minimum absolute atomic E-state index is 0.0340. The second-order valence-corrected chi connectivity index (χ2v) is 4.50. The van der Waals surface area contributed by atoms with Crippen molar-refractivity contribution >= 4 is 11.9 Å². The molecule has 0 spiro atoms. The summed E-state index contributed by atoms with van der Waals surface area (Å²) in [6.07, 6.45) is 3.13. The molecule has 0 aliphatic heterocycles. The number of carbonyl (C=O) groups is 1. The Morgan fingerprint density at radius 2 is 2.00 bits per heavy atom. The molecular weight excluding hydrogens is 191 g/mol. The highest BCUT2D eigenvalue weighted by molar-refractivity contribution is 5.97. The Morgan fingerprint density at radius 3 is 2.53 bits per heavy atom. The number of rotatable bonds is 2. The van der Waals surface area contributed by atoms with Gasteiger partial charge in [0.15, 0.2) is 5.78 Å². The third-order valence-electron chi connectivity index (χ3n) is 2.02. The standard InChI is InChI=1S/C13H15FO/c1-13(2,3)12(15)8-7-10-5-4-6-11(14)9-10/h4-9H,1-3H3. The molecule has 0 fully saturated rings. The fourth-order valence-electron chi connectivity index (χ4n) is 1.03. The van der Waals surface area contributed by atoms with Crippen LogP contribution < -0.4 is 0 Å². The number of ketones is 1. The summed E-state index contributed by atoms with van der Waals surface area (Å²) in [4.78, 5) is 11.5. The zero-order valence-electron chi connectivity index (χ0n) is 9.25. The van der Waals surface area contributed by atoms with E-state index in [0.29, 0.717) is 5.56 Å². The normalized spacial score (nSPS) is 12.0. The third kappa shape index (κ3) is 3.66. The Morgan fingerprint density at radius 1 is 1.33 bits per heavy atom. The maximum absolute atomic E-state index is 12.8. The van der Waals surface area contributed by atoms with Gasteiger partial charge in [-0.2, -0.15) is 0 Å². The molecule has 0 bridgehead atoms. The van der Waals surface area contributed by atoms with Crippen LogP contribution in [0.2, 0.25) is 0 Å². The van der Waals surface area contributed by atoms with Gasteiger partial charge >= 0.3 is 0 Å². The molecule has 1 aromatic carbocycles. The van der Waals surface area contributed by atoms with Crippen molar-refractivity contribution in [2.75, 3.05) is 0 Å². The minimum atomic E-state index is -0.385. The van der Waals surface area contributed by atoms with Gasteiger partial charge in [-0.15, -0.1) is 0 Å². The summed E-state index contributed by atoms with van der Waals surface area (Å²) < 4.78 is 12.8. The molecule has 0 heterocycles. The van der Waals surface area contributed by atoms with E-state index < -0.39 is 0 Å². The van der Waals surface area contributed by atoms with Crippen molar-refractivity contribution in [3.05, 3.63) is 41.7 Å². The van der Waals surface area contributed by atoms with E-state index in [0.717, 1.165) is 0 Å². The van der Waals surface area contributed by atoms with Crippen LogP contribution in [0.25, 0.3) is 6.08 Å². The molecule has 0 saturated carbocycles. The van der Waals surface area contributed by atoms with Crippen LogP contribution in [-0.4, -0.2) is 5.78 Å². The zero-order valence-corrected chi connectivity index (χ0v) is 9.25. The van der Waals surface area contributed by atoms with Crippen molar-refractivity contribution in [1.82, 2.24) is 0 Å². The van der Waals surface area contributed by atoms with Crippen molar-refractivity contribution in [3.63, 3.8) is 0 Å². The molecule has 0 amide bonds. The molecule has 1 rings (SSSR count). The van der Waals surface area contributed by atoms with E-state index in [1.165, 1.54) is 18.2 Å². The molecule has 0 unspecified atom stereocenters. The molecule has 1 aromatic rings. The highest BCUT2D eigenvalue weighted by Gasteiger charge is 2.17. The van der Waals surface area contributed by atoms with Crippen molar-refractivity contribution in [2.24, 2.45) is 5.41 Å². The Hall–Kier alpha value is -1.44. The van der Waals surface area contributed by atoms with Crippen LogP contribution in [-0.2, 0) is 4.79 Å². The molecule has 15 heavy (non-hydrogen) atoms. The summed E-state index contributed by atoms with van der Waals surface area (Å²) in [5, 5.41) is 0. The summed E-state index contributed by atoms with van der Waals surface area (Å²) in [5.41, 5.74) is 0.316. The second-order valence-electron chi connectivity index (χ2n) is 4.50. The van der Waals surface area contributed by atoms with Gasteiger partial charge < -0.3 is 0 Å². The van der Waals surface area contributed by atoms with Gasteiger partial charge in [-0.3, -0.25) is 4.79 Å². The molecule has 0 saturated heterocycles. The first-order valence-corrected chi connectivity index (χ1v) is 4.88. The molecule has 0 radical (unpaired) electrons. The average molecular weight is 206 g/mol. The molecule has 0 aromatic heterocycles. The first-order chi connectivity index (χ1) is 6.89. The summed E-state index contributed by atoms with van der Waals surface area (Å²) in [6.45, 7) is 5.56. The monoisotopic (exact) mass is 206 g/mol. The van der Waals surface area contributed by atoms with E-state index in [1.54, 1.807) is 18.2 Å². The van der Waals surface area contributed by atoms with Crippen LogP contribution >= 0.6 is 0 Å². The number of hydrogen-bond donors (Lipinski definition) is 0. The lowest BCUT2D eigenvalue weighted by Gasteiger charge is -2.12. The van der Waals surface area contributed by atoms with Crippen LogP contribution in [0.15, 0.2) is 30.3 Å². The predicted molar refractivity (Wildman–Crippen MR) is 59.9 cm³/mol. The van der Waals surface area contributed by atoms with Crippen LogP contribution in [0.1, 0.15) is 26.3 Å². The van der Waals surface area contributed by atoms with Crippen LogP contribution in [0, 0.1) is 11.2 Å². The van der Waals surface area contributed by atoms with Crippen molar-refractivity contribution in [3.8, 4) is 0 Å². The van der Waals surface area contributed by atoms with E-state index in [-0.39, 0.29) is 17.0 Å². The van der Waals surface area contributed by atoms with Crippen molar-refractivity contribution in [2.45, 2.75) is 20.8 Å². The van der Waals surface area contributed by atoms with Crippen molar-refractivity contribution < 1.29 is 9.18 Å². The highest BCUT2D eigenvalue weighted by atomic mass is 19.1. The average Bonchev–Trinajstić information content (AvgIpc) is 2.12. The maximum Gasteiger partial charge on any atom is 0.161 e. The first-order valence-electron chi connectivity index (χ1n) is 4.88. The number of hydrogen-bond acceptors (Lipinski definition) is 1. The minimum Gasteiger partial charge on any atom is -0.294 e. The quantitative estimate of drug-likeness (QED) is 0.677. The van der Waals surface area contributed by atoms with Gasteiger partial charge in [0.05, 0.1) is 0 Å². The molecule has 0 aliphatic rings. The van der Waals surface area contributed by atoms with Gasteiger partial charge in [-0.05, 0) is 23.8 Å². The molecule has 1 nitrogen and oxygen atoms in total. The molecule has 0 atom stereocenters. The van der Waals surface area contributed by atoms with Crippen LogP contribution in [0.5, 0.6) is 0 Å². The number of carbonyl (C=O) groups excluding carboxylic acids is 1. The maximum atomic E-state index is 12.8. The molecular formula is C13H15FO. The first kappa shape index (κ1) is 11.6. The fourth-order valence-corrected chi connectivity index (χ4v) is 1.03. The Balaban J connectivity index is 2.79. The Labute approximate surface area is 89.6 Å². The van der Waals surface area contributed by atoms with Gasteiger partial charge in [0.1, 0.15) is 5.82 Å². The molecule has 2 heteroatoms. The number of halogens is 1. The highest BCUT2D eigenvalue weighted by Crippen LogP contribution is 2.16. The smallest absolute Gasteiger partial charge is 0.161 e. The van der Waals surface area contributed by atoms with E-state index in [4.69, 9.17) is 0 Å². The predicted octanol–water partition coefficient (Wildman–Crippen LogP) is 3.45. The Bertz CT molecular complexity index is 386. The van der Waals surface area contributed by atoms with E-state index >= 15 is 0 Å². The molecule has 80 valence electrons. The summed E-state index contributed by atoms with van der Waals surface area (Å²) in [7, 11) is 0. The van der Waals surface area contributed by atoms with Crippen LogP contribution in [0.3, 0.4) is 0 Å². The van der Waals surface area contributed by atoms with Gasteiger partial charge in [0.2, 0.25) is 0 Å². The van der Waals surface area contributed by atoms with E-state index in [2.05, 4.69) is 0 Å². The molecule has 0 aliphatic carbocycles. The van der Waals surface area contributed by atoms with E-state index in [9.17, 15) is 9.18 Å². The second kappa shape index (κ2) is 4.39. The molecule has 0 N–H and O–H groups in total. The van der Waals surface area contributed by atoms with Gasteiger partial charge in [0, 0.05) is 5.41 Å². The lowest BCUT2D eigenvalue weighted by Crippen LogP contribution is -2.17. The van der Waals surface area contributed by atoms with Gasteiger partial charge in [-0.25, -0.2) is 4.39 Å². The largest absolute Gasteiger partial charge is 0.294 e. The summed E-state index contributed by atoms with van der Waals surface area (Å²) in [5.74, 6) is -0.257. The lowest BCUT2D eigenvalue weighted by atomic mass is 9.90. The zero-order chi connectivity index (χ0) is 11.5. The topological polar surface area (TPSA) is 17.1 Å². The van der Waals surface area contributed by atoms with Crippen LogP contribution in [0.4, 0.5) is 4.39 Å². The van der Waals surface area contributed by atoms with Gasteiger partial charge in [-0.1, -0.05) is 39.0 Å². The SMILES string of the molecule is CC(C)(C)C(=O)C=Cc1cccc(F)c1. The number of benzene rings is 1. The lowest BCUT2D eigenvalue weighted by molar-refractivity contribution is -0.121. The number of allylic oxidation sites excluding steroid dienone is 1. The van der Waals surface area contributed by atoms with E-state index in [1.807, 2.05) is 20.8 Å². The third-order valence-corrected chi connectivity index (χ3v) is 2.02. The van der Waals surface area contributed by atoms with Crippen molar-refractivity contribution in [1.29, 1.82) is 0 Å². The fraction of sp³-hybridized carbons (Fsp3) is 0.308. The Kier molecular flexibility index (Phi) is 3.40.